The fourth-order valence-electron chi connectivity index (χ4n) is 4.28. The smallest absolute Gasteiger partial charge is 0.233 e. The van der Waals surface area contributed by atoms with E-state index in [1.54, 1.807) is 36.2 Å². The minimum Gasteiger partial charge on any atom is -0.341 e. The molecule has 186 valence electrons. The first-order valence-corrected chi connectivity index (χ1v) is 13.6. The summed E-state index contributed by atoms with van der Waals surface area (Å²) < 4.78 is 38.7. The van der Waals surface area contributed by atoms with Crippen LogP contribution in [-0.4, -0.2) is 74.5 Å². The number of benzene rings is 2. The standard InChI is InChI=1S/C24H30Cl2FN3O3S/c1-24(19-7-8-21(25)22(26)16-19,9-10-29-11-13-30(14-12-29)34(3,32)33)23(31)28(2)17-18-5-4-6-20(27)15-18/h4-8,15-16H,9-14,17H2,1-3H3. The highest BCUT2D eigenvalue weighted by Gasteiger charge is 2.38. The van der Waals surface area contributed by atoms with Gasteiger partial charge >= 0.3 is 0 Å². The average Bonchev–Trinajstić information content (AvgIpc) is 2.78. The number of amides is 1. The number of likely N-dealkylation sites (N-methyl/N-ethyl adjacent to an activating group) is 1. The van der Waals surface area contributed by atoms with Crippen molar-refractivity contribution in [3.8, 4) is 0 Å². The van der Waals surface area contributed by atoms with Gasteiger partial charge in [-0.3, -0.25) is 4.79 Å². The first-order valence-electron chi connectivity index (χ1n) is 11.0. The molecule has 2 aromatic carbocycles. The van der Waals surface area contributed by atoms with Crippen molar-refractivity contribution in [3.63, 3.8) is 0 Å². The molecule has 1 fully saturated rings. The van der Waals surface area contributed by atoms with Gasteiger partial charge in [-0.25, -0.2) is 12.8 Å². The highest BCUT2D eigenvalue weighted by atomic mass is 35.5. The molecule has 1 aliphatic heterocycles. The predicted molar refractivity (Wildman–Crippen MR) is 134 cm³/mol. The molecular weight excluding hydrogens is 500 g/mol. The summed E-state index contributed by atoms with van der Waals surface area (Å²) in [5, 5.41) is 0.776. The molecule has 0 saturated carbocycles. The number of halogens is 3. The van der Waals surface area contributed by atoms with Gasteiger partial charge in [-0.1, -0.05) is 41.4 Å². The maximum absolute atomic E-state index is 13.8. The fraction of sp³-hybridized carbons (Fsp3) is 0.458. The minimum absolute atomic E-state index is 0.120. The molecule has 1 atom stereocenters. The number of rotatable bonds is 8. The van der Waals surface area contributed by atoms with Gasteiger partial charge < -0.3 is 9.80 Å². The highest BCUT2D eigenvalue weighted by molar-refractivity contribution is 7.88. The molecular formula is C24H30Cl2FN3O3S. The Morgan fingerprint density at radius 3 is 2.35 bits per heavy atom. The Bertz CT molecular complexity index is 1140. The van der Waals surface area contributed by atoms with Crippen LogP contribution in [0.5, 0.6) is 0 Å². The minimum atomic E-state index is -3.21. The summed E-state index contributed by atoms with van der Waals surface area (Å²) in [6.45, 7) is 4.79. The van der Waals surface area contributed by atoms with Crippen molar-refractivity contribution in [2.75, 3.05) is 46.0 Å². The molecule has 0 radical (unpaired) electrons. The van der Waals surface area contributed by atoms with Gasteiger partial charge in [-0.05, 0) is 55.3 Å². The molecule has 2 aromatic rings. The van der Waals surface area contributed by atoms with Crippen LogP contribution in [0, 0.1) is 5.82 Å². The van der Waals surface area contributed by atoms with Gasteiger partial charge in [0.1, 0.15) is 5.82 Å². The molecule has 10 heteroatoms. The molecule has 0 spiro atoms. The Hall–Kier alpha value is -1.71. The van der Waals surface area contributed by atoms with Crippen LogP contribution in [0.25, 0.3) is 0 Å². The predicted octanol–water partition coefficient (Wildman–Crippen LogP) is 4.02. The van der Waals surface area contributed by atoms with Crippen molar-refractivity contribution in [3.05, 3.63) is 69.5 Å². The van der Waals surface area contributed by atoms with Crippen molar-refractivity contribution in [1.82, 2.24) is 14.1 Å². The third-order valence-electron chi connectivity index (χ3n) is 6.41. The van der Waals surface area contributed by atoms with Crippen LogP contribution in [-0.2, 0) is 26.8 Å². The number of sulfonamides is 1. The Labute approximate surface area is 211 Å². The number of hydrogen-bond acceptors (Lipinski definition) is 4. The fourth-order valence-corrected chi connectivity index (χ4v) is 5.41. The summed E-state index contributed by atoms with van der Waals surface area (Å²) >= 11 is 12.4. The zero-order valence-corrected chi connectivity index (χ0v) is 21.9. The molecule has 3 rings (SSSR count). The number of nitrogens with zero attached hydrogens (tertiary/aromatic N) is 3. The molecule has 0 aromatic heterocycles. The van der Waals surface area contributed by atoms with Gasteiger partial charge in [0.15, 0.2) is 0 Å². The second-order valence-corrected chi connectivity index (χ2v) is 11.8. The largest absolute Gasteiger partial charge is 0.341 e. The SMILES string of the molecule is CN(Cc1cccc(F)c1)C(=O)C(C)(CCN1CCN(S(C)(=O)=O)CC1)c1ccc(Cl)c(Cl)c1. The van der Waals surface area contributed by atoms with Gasteiger partial charge in [-0.15, -0.1) is 0 Å². The monoisotopic (exact) mass is 529 g/mol. The summed E-state index contributed by atoms with van der Waals surface area (Å²) in [7, 11) is -1.51. The van der Waals surface area contributed by atoms with E-state index in [1.165, 1.54) is 22.7 Å². The molecule has 1 unspecified atom stereocenters. The van der Waals surface area contributed by atoms with Crippen LogP contribution in [0.3, 0.4) is 0 Å². The van der Waals surface area contributed by atoms with E-state index in [4.69, 9.17) is 23.2 Å². The third kappa shape index (κ3) is 6.49. The zero-order valence-electron chi connectivity index (χ0n) is 19.6. The number of piperazine rings is 1. The van der Waals surface area contributed by atoms with E-state index < -0.39 is 15.4 Å². The molecule has 1 aliphatic rings. The van der Waals surface area contributed by atoms with Gasteiger partial charge in [0.25, 0.3) is 0 Å². The number of hydrogen-bond donors (Lipinski definition) is 0. The lowest BCUT2D eigenvalue weighted by Crippen LogP contribution is -2.50. The summed E-state index contributed by atoms with van der Waals surface area (Å²) in [6.07, 6.45) is 1.72. The van der Waals surface area contributed by atoms with Crippen molar-refractivity contribution < 1.29 is 17.6 Å². The Morgan fingerprint density at radius 1 is 1.09 bits per heavy atom. The van der Waals surface area contributed by atoms with Crippen molar-refractivity contribution in [2.45, 2.75) is 25.3 Å². The van der Waals surface area contributed by atoms with Crippen molar-refractivity contribution >= 4 is 39.1 Å². The highest BCUT2D eigenvalue weighted by Crippen LogP contribution is 2.35. The quantitative estimate of drug-likeness (QED) is 0.518. The second kappa shape index (κ2) is 10.9. The zero-order chi connectivity index (χ0) is 25.1. The second-order valence-electron chi connectivity index (χ2n) is 9.01. The van der Waals surface area contributed by atoms with E-state index in [1.807, 2.05) is 13.0 Å². The van der Waals surface area contributed by atoms with Crippen LogP contribution in [0.1, 0.15) is 24.5 Å². The lowest BCUT2D eigenvalue weighted by Gasteiger charge is -2.37. The number of carbonyl (C=O) groups excluding carboxylic acids is 1. The normalized spacial score (nSPS) is 17.4. The van der Waals surface area contributed by atoms with E-state index in [9.17, 15) is 17.6 Å². The maximum Gasteiger partial charge on any atom is 0.233 e. The van der Waals surface area contributed by atoms with Gasteiger partial charge in [0.2, 0.25) is 15.9 Å². The molecule has 0 bridgehead atoms. The molecule has 34 heavy (non-hydrogen) atoms. The van der Waals surface area contributed by atoms with Crippen molar-refractivity contribution in [1.29, 1.82) is 0 Å². The number of carbonyl (C=O) groups is 1. The van der Waals surface area contributed by atoms with Crippen LogP contribution in [0.4, 0.5) is 4.39 Å². The molecule has 0 N–H and O–H groups in total. The summed E-state index contributed by atoms with van der Waals surface area (Å²) in [5.74, 6) is -0.469. The van der Waals surface area contributed by atoms with E-state index in [2.05, 4.69) is 4.90 Å². The molecule has 1 heterocycles. The summed E-state index contributed by atoms with van der Waals surface area (Å²) in [6, 6.07) is 11.4. The van der Waals surface area contributed by atoms with Crippen LogP contribution in [0.15, 0.2) is 42.5 Å². The van der Waals surface area contributed by atoms with Crippen molar-refractivity contribution in [2.24, 2.45) is 0 Å². The molecule has 6 nitrogen and oxygen atoms in total. The average molecular weight is 530 g/mol. The van der Waals surface area contributed by atoms with E-state index in [-0.39, 0.29) is 18.3 Å². The summed E-state index contributed by atoms with van der Waals surface area (Å²) in [5.41, 5.74) is 0.529. The lowest BCUT2D eigenvalue weighted by atomic mass is 9.77. The van der Waals surface area contributed by atoms with Gasteiger partial charge in [0, 0.05) is 39.8 Å². The van der Waals surface area contributed by atoms with Crippen LogP contribution < -0.4 is 0 Å². The van der Waals surface area contributed by atoms with Gasteiger partial charge in [-0.2, -0.15) is 4.31 Å². The maximum atomic E-state index is 13.8. The Morgan fingerprint density at radius 2 is 1.76 bits per heavy atom. The first kappa shape index (κ1) is 26.9. The molecule has 1 amide bonds. The van der Waals surface area contributed by atoms with Gasteiger partial charge in [0.05, 0.1) is 21.7 Å². The first-order chi connectivity index (χ1) is 15.9. The topological polar surface area (TPSA) is 60.9 Å². The molecule has 1 saturated heterocycles. The Balaban J connectivity index is 1.79. The third-order valence-corrected chi connectivity index (χ3v) is 8.45. The summed E-state index contributed by atoms with van der Waals surface area (Å²) in [4.78, 5) is 17.5. The molecule has 0 aliphatic carbocycles. The van der Waals surface area contributed by atoms with Crippen LogP contribution in [0.2, 0.25) is 10.0 Å². The Kier molecular flexibility index (Phi) is 8.63. The van der Waals surface area contributed by atoms with E-state index >= 15 is 0 Å². The van der Waals surface area contributed by atoms with E-state index in [0.717, 1.165) is 5.56 Å². The lowest BCUT2D eigenvalue weighted by molar-refractivity contribution is -0.136. The van der Waals surface area contributed by atoms with Crippen LogP contribution >= 0.6 is 23.2 Å². The van der Waals surface area contributed by atoms with E-state index in [0.29, 0.717) is 54.8 Å².